The highest BCUT2D eigenvalue weighted by atomic mass is 19.1. The van der Waals surface area contributed by atoms with Crippen molar-refractivity contribution in [3.05, 3.63) is 0 Å². The molecule has 130 valence electrons. The first-order valence-electron chi connectivity index (χ1n) is 9.58. The number of carbonyl (C=O) groups is 1. The van der Waals surface area contributed by atoms with E-state index in [1.807, 2.05) is 13.8 Å². The van der Waals surface area contributed by atoms with Crippen molar-refractivity contribution in [3.8, 4) is 0 Å². The van der Waals surface area contributed by atoms with Crippen molar-refractivity contribution in [3.63, 3.8) is 0 Å². The Bertz CT molecular complexity index is 530. The standard InChI is InChI=1S/C20H31FO2/c1-18-8-6-13(22)10-12(18)4-5-14-15-7-9-19(2,23)20(15,3)17(21)11-16(14)18/h12,14-17,23H,4-11H2,1-3H3/t12-,14-,15-,16-,17+,18-,19-,20+/m0/s1. The first-order valence-corrected chi connectivity index (χ1v) is 9.58. The average Bonchev–Trinajstić information content (AvgIpc) is 2.73. The molecule has 0 radical (unpaired) electrons. The molecule has 4 aliphatic rings. The van der Waals surface area contributed by atoms with Crippen LogP contribution in [0.5, 0.6) is 0 Å². The van der Waals surface area contributed by atoms with Crippen LogP contribution in [0.25, 0.3) is 0 Å². The summed E-state index contributed by atoms with van der Waals surface area (Å²) >= 11 is 0. The molecule has 0 saturated heterocycles. The maximum atomic E-state index is 15.4. The van der Waals surface area contributed by atoms with E-state index in [0.29, 0.717) is 42.3 Å². The van der Waals surface area contributed by atoms with Crippen molar-refractivity contribution in [2.45, 2.75) is 83.9 Å². The summed E-state index contributed by atoms with van der Waals surface area (Å²) in [7, 11) is 0. The van der Waals surface area contributed by atoms with Crippen LogP contribution in [0.3, 0.4) is 0 Å². The Morgan fingerprint density at radius 3 is 2.57 bits per heavy atom. The Morgan fingerprint density at radius 2 is 1.83 bits per heavy atom. The Morgan fingerprint density at radius 1 is 1.09 bits per heavy atom. The molecule has 0 aromatic carbocycles. The number of aliphatic hydroxyl groups is 1. The largest absolute Gasteiger partial charge is 0.389 e. The van der Waals surface area contributed by atoms with Gasteiger partial charge in [0, 0.05) is 18.3 Å². The molecule has 4 aliphatic carbocycles. The van der Waals surface area contributed by atoms with Gasteiger partial charge in [-0.05, 0) is 74.5 Å². The first-order chi connectivity index (χ1) is 10.7. The maximum Gasteiger partial charge on any atom is 0.133 e. The molecule has 0 bridgehead atoms. The van der Waals surface area contributed by atoms with E-state index in [1.165, 1.54) is 0 Å². The van der Waals surface area contributed by atoms with Crippen LogP contribution in [0.1, 0.15) is 72.1 Å². The molecule has 0 amide bonds. The van der Waals surface area contributed by atoms with Gasteiger partial charge in [0.15, 0.2) is 0 Å². The molecule has 0 unspecified atom stereocenters. The molecule has 3 heteroatoms. The Balaban J connectivity index is 1.69. The highest BCUT2D eigenvalue weighted by Gasteiger charge is 2.67. The lowest BCUT2D eigenvalue weighted by Crippen LogP contribution is -2.60. The van der Waals surface area contributed by atoms with E-state index in [-0.39, 0.29) is 5.41 Å². The Kier molecular flexibility index (Phi) is 3.35. The number of halogens is 1. The number of hydrogen-bond acceptors (Lipinski definition) is 2. The summed E-state index contributed by atoms with van der Waals surface area (Å²) in [6.07, 6.45) is 5.97. The van der Waals surface area contributed by atoms with E-state index >= 15 is 4.39 Å². The van der Waals surface area contributed by atoms with Gasteiger partial charge in [-0.3, -0.25) is 4.79 Å². The van der Waals surface area contributed by atoms with E-state index in [2.05, 4.69) is 6.92 Å². The zero-order valence-corrected chi connectivity index (χ0v) is 14.8. The SMILES string of the molecule is C[C@]12CCC(=O)C[C@@H]1CC[C@@H]1[C@@H]2C[C@@H](F)[C@@]2(C)[C@H]1CC[C@]2(C)O. The van der Waals surface area contributed by atoms with Crippen LogP contribution < -0.4 is 0 Å². The van der Waals surface area contributed by atoms with Gasteiger partial charge in [-0.1, -0.05) is 13.8 Å². The lowest BCUT2D eigenvalue weighted by atomic mass is 9.44. The quantitative estimate of drug-likeness (QED) is 0.722. The van der Waals surface area contributed by atoms with Gasteiger partial charge in [0.2, 0.25) is 0 Å². The summed E-state index contributed by atoms with van der Waals surface area (Å²) in [5.74, 6) is 2.11. The van der Waals surface area contributed by atoms with Gasteiger partial charge in [-0.2, -0.15) is 0 Å². The minimum atomic E-state index is -0.917. The lowest BCUT2D eigenvalue weighted by molar-refractivity contribution is -0.180. The van der Waals surface area contributed by atoms with E-state index in [9.17, 15) is 9.90 Å². The number of fused-ring (bicyclic) bond motifs is 5. The van der Waals surface area contributed by atoms with Crippen LogP contribution in [0, 0.1) is 34.5 Å². The number of Topliss-reactive ketones (excluding diaryl/α,β-unsaturated/α-hetero) is 1. The third-order valence-electron chi connectivity index (χ3n) is 9.06. The molecule has 0 aromatic heterocycles. The average molecular weight is 322 g/mol. The predicted molar refractivity (Wildman–Crippen MR) is 87.6 cm³/mol. The van der Waals surface area contributed by atoms with Gasteiger partial charge in [0.1, 0.15) is 12.0 Å². The second-order valence-corrected chi connectivity index (χ2v) is 9.70. The summed E-state index contributed by atoms with van der Waals surface area (Å²) < 4.78 is 15.4. The van der Waals surface area contributed by atoms with Crippen LogP contribution in [0.4, 0.5) is 4.39 Å². The fourth-order valence-corrected chi connectivity index (χ4v) is 7.25. The Hall–Kier alpha value is -0.440. The molecule has 0 aliphatic heterocycles. The normalized spacial score (nSPS) is 59.2. The van der Waals surface area contributed by atoms with E-state index in [4.69, 9.17) is 0 Å². The number of alkyl halides is 1. The number of rotatable bonds is 0. The van der Waals surface area contributed by atoms with E-state index in [0.717, 1.165) is 38.5 Å². The molecular weight excluding hydrogens is 291 g/mol. The number of carbonyl (C=O) groups excluding carboxylic acids is 1. The highest BCUT2D eigenvalue weighted by molar-refractivity contribution is 5.79. The third-order valence-corrected chi connectivity index (χ3v) is 9.06. The zero-order valence-electron chi connectivity index (χ0n) is 14.8. The van der Waals surface area contributed by atoms with Crippen molar-refractivity contribution in [1.82, 2.24) is 0 Å². The molecule has 8 atom stereocenters. The van der Waals surface area contributed by atoms with E-state index in [1.54, 1.807) is 0 Å². The molecule has 23 heavy (non-hydrogen) atoms. The summed E-state index contributed by atoms with van der Waals surface area (Å²) in [6, 6.07) is 0. The van der Waals surface area contributed by atoms with Crippen LogP contribution >= 0.6 is 0 Å². The summed E-state index contributed by atoms with van der Waals surface area (Å²) in [4.78, 5) is 11.9. The van der Waals surface area contributed by atoms with E-state index < -0.39 is 17.2 Å². The number of ketones is 1. The Labute approximate surface area is 139 Å². The third kappa shape index (κ3) is 1.92. The van der Waals surface area contributed by atoms with Crippen molar-refractivity contribution >= 4 is 5.78 Å². The summed E-state index contributed by atoms with van der Waals surface area (Å²) in [6.45, 7) is 6.19. The monoisotopic (exact) mass is 322 g/mol. The fraction of sp³-hybridized carbons (Fsp3) is 0.950. The van der Waals surface area contributed by atoms with Gasteiger partial charge >= 0.3 is 0 Å². The number of hydrogen-bond donors (Lipinski definition) is 1. The van der Waals surface area contributed by atoms with Gasteiger partial charge in [0.25, 0.3) is 0 Å². The predicted octanol–water partition coefficient (Wildman–Crippen LogP) is 4.30. The van der Waals surface area contributed by atoms with Gasteiger partial charge in [-0.25, -0.2) is 4.39 Å². The molecule has 4 saturated carbocycles. The van der Waals surface area contributed by atoms with Gasteiger partial charge in [-0.15, -0.1) is 0 Å². The van der Waals surface area contributed by atoms with Gasteiger partial charge < -0.3 is 5.11 Å². The molecule has 0 aromatic rings. The van der Waals surface area contributed by atoms with Crippen LogP contribution in [-0.2, 0) is 4.79 Å². The smallest absolute Gasteiger partial charge is 0.133 e. The maximum absolute atomic E-state index is 15.4. The molecule has 2 nitrogen and oxygen atoms in total. The van der Waals surface area contributed by atoms with Crippen LogP contribution in [0.15, 0.2) is 0 Å². The second kappa shape index (κ2) is 4.80. The molecule has 1 N–H and O–H groups in total. The summed E-state index contributed by atoms with van der Waals surface area (Å²) in [5, 5.41) is 10.9. The molecule has 4 rings (SSSR count). The topological polar surface area (TPSA) is 37.3 Å². The molecule has 4 fully saturated rings. The van der Waals surface area contributed by atoms with Crippen LogP contribution in [0.2, 0.25) is 0 Å². The van der Waals surface area contributed by atoms with Crippen molar-refractivity contribution in [2.24, 2.45) is 34.5 Å². The first kappa shape index (κ1) is 16.1. The van der Waals surface area contributed by atoms with Crippen molar-refractivity contribution in [1.29, 1.82) is 0 Å². The summed E-state index contributed by atoms with van der Waals surface area (Å²) in [5.41, 5.74) is -1.32. The van der Waals surface area contributed by atoms with Crippen LogP contribution in [-0.4, -0.2) is 22.7 Å². The second-order valence-electron chi connectivity index (χ2n) is 9.70. The fourth-order valence-electron chi connectivity index (χ4n) is 7.25. The molecule has 0 spiro atoms. The van der Waals surface area contributed by atoms with Crippen molar-refractivity contribution in [2.75, 3.05) is 0 Å². The highest BCUT2D eigenvalue weighted by Crippen LogP contribution is 2.68. The molecular formula is C20H31FO2. The lowest BCUT2D eigenvalue weighted by Gasteiger charge is -2.61. The molecule has 0 heterocycles. The zero-order chi connectivity index (χ0) is 16.6. The minimum absolute atomic E-state index is 0.136. The van der Waals surface area contributed by atoms with Crippen molar-refractivity contribution < 1.29 is 14.3 Å². The van der Waals surface area contributed by atoms with Gasteiger partial charge in [0.05, 0.1) is 5.60 Å². The minimum Gasteiger partial charge on any atom is -0.389 e.